The third-order valence-electron chi connectivity index (χ3n) is 2.33. The summed E-state index contributed by atoms with van der Waals surface area (Å²) in [5.74, 6) is 0. The Morgan fingerprint density at radius 2 is 1.93 bits per heavy atom. The molecule has 0 bridgehead atoms. The zero-order chi connectivity index (χ0) is 10.8. The first-order valence-corrected chi connectivity index (χ1v) is 5.70. The van der Waals surface area contributed by atoms with Crippen LogP contribution in [0.5, 0.6) is 0 Å². The Kier molecular flexibility index (Phi) is 2.69. The van der Waals surface area contributed by atoms with Crippen LogP contribution in [0.4, 0.5) is 0 Å². The fourth-order valence-corrected chi connectivity index (χ4v) is 2.52. The minimum atomic E-state index is 0.775. The van der Waals surface area contributed by atoms with E-state index >= 15 is 0 Å². The van der Waals surface area contributed by atoms with Gasteiger partial charge in [-0.15, -0.1) is 11.3 Å². The summed E-state index contributed by atoms with van der Waals surface area (Å²) in [4.78, 5) is 12.1. The highest BCUT2D eigenvalue weighted by atomic mass is 32.1. The van der Waals surface area contributed by atoms with Crippen molar-refractivity contribution in [3.8, 4) is 10.4 Å². The van der Waals surface area contributed by atoms with Crippen molar-refractivity contribution in [2.75, 3.05) is 0 Å². The van der Waals surface area contributed by atoms with Crippen molar-refractivity contribution in [2.24, 2.45) is 0 Å². The van der Waals surface area contributed by atoms with Gasteiger partial charge in [0.15, 0.2) is 6.29 Å². The molecule has 0 fully saturated rings. The van der Waals surface area contributed by atoms with Crippen LogP contribution in [0.15, 0.2) is 29.6 Å². The van der Waals surface area contributed by atoms with Gasteiger partial charge in [-0.3, -0.25) is 4.79 Å². The molecule has 0 aliphatic heterocycles. The zero-order valence-electron chi connectivity index (χ0n) is 8.78. The molecule has 0 atom stereocenters. The summed E-state index contributed by atoms with van der Waals surface area (Å²) in [5.41, 5.74) is 4.17. The molecule has 0 aliphatic rings. The molecular formula is C13H12OS. The molecule has 2 heteroatoms. The monoisotopic (exact) mass is 216 g/mol. The van der Waals surface area contributed by atoms with Crippen LogP contribution in [0.1, 0.15) is 21.5 Å². The van der Waals surface area contributed by atoms with Crippen molar-refractivity contribution in [1.82, 2.24) is 0 Å². The number of carbonyl (C=O) groups excluding carboxylic acids is 1. The van der Waals surface area contributed by atoms with Crippen molar-refractivity contribution >= 4 is 17.6 Å². The van der Waals surface area contributed by atoms with Gasteiger partial charge >= 0.3 is 0 Å². The van der Waals surface area contributed by atoms with Crippen LogP contribution in [0.25, 0.3) is 10.4 Å². The summed E-state index contributed by atoms with van der Waals surface area (Å²) in [7, 11) is 0. The second-order valence-electron chi connectivity index (χ2n) is 3.70. The first-order chi connectivity index (χ1) is 7.20. The minimum absolute atomic E-state index is 0.775. The van der Waals surface area contributed by atoms with Gasteiger partial charge < -0.3 is 0 Å². The molecule has 0 saturated carbocycles. The van der Waals surface area contributed by atoms with Crippen LogP contribution in [-0.4, -0.2) is 6.29 Å². The Labute approximate surface area is 93.4 Å². The summed E-state index contributed by atoms with van der Waals surface area (Å²) in [6, 6.07) is 8.10. The van der Waals surface area contributed by atoms with E-state index in [4.69, 9.17) is 0 Å². The van der Waals surface area contributed by atoms with Crippen LogP contribution in [0.2, 0.25) is 0 Å². The van der Waals surface area contributed by atoms with Gasteiger partial charge in [-0.05, 0) is 36.9 Å². The summed E-state index contributed by atoms with van der Waals surface area (Å²) in [6.07, 6.45) is 0.928. The Hall–Kier alpha value is -1.41. The van der Waals surface area contributed by atoms with Crippen molar-refractivity contribution in [3.05, 3.63) is 46.3 Å². The first kappa shape index (κ1) is 10.1. The molecule has 0 radical (unpaired) electrons. The summed E-state index contributed by atoms with van der Waals surface area (Å²) in [5, 5.41) is 2.10. The maximum Gasteiger partial charge on any atom is 0.150 e. The highest BCUT2D eigenvalue weighted by molar-refractivity contribution is 7.13. The van der Waals surface area contributed by atoms with E-state index in [9.17, 15) is 4.79 Å². The third-order valence-corrected chi connectivity index (χ3v) is 3.41. The lowest BCUT2D eigenvalue weighted by molar-refractivity contribution is 0.112. The molecule has 1 aromatic heterocycles. The van der Waals surface area contributed by atoms with Crippen molar-refractivity contribution < 1.29 is 4.79 Å². The molecule has 2 aromatic rings. The predicted octanol–water partition coefficient (Wildman–Crippen LogP) is 3.84. The number of aldehydes is 1. The maximum absolute atomic E-state index is 11.0. The average molecular weight is 216 g/mol. The number of hydrogen-bond acceptors (Lipinski definition) is 2. The molecule has 1 heterocycles. The quantitative estimate of drug-likeness (QED) is 0.697. The van der Waals surface area contributed by atoms with Gasteiger partial charge in [0.1, 0.15) is 0 Å². The SMILES string of the molecule is Cc1csc(-c2ccc(C)cc2C=O)c1. The van der Waals surface area contributed by atoms with Crippen LogP contribution in [-0.2, 0) is 0 Å². The van der Waals surface area contributed by atoms with E-state index in [1.807, 2.05) is 25.1 Å². The highest BCUT2D eigenvalue weighted by Gasteiger charge is 2.06. The first-order valence-electron chi connectivity index (χ1n) is 4.82. The molecule has 0 saturated heterocycles. The van der Waals surface area contributed by atoms with Gasteiger partial charge in [0.05, 0.1) is 0 Å². The summed E-state index contributed by atoms with van der Waals surface area (Å²) < 4.78 is 0. The van der Waals surface area contributed by atoms with E-state index in [-0.39, 0.29) is 0 Å². The lowest BCUT2D eigenvalue weighted by Gasteiger charge is -2.02. The summed E-state index contributed by atoms with van der Waals surface area (Å²) >= 11 is 1.68. The predicted molar refractivity (Wildman–Crippen MR) is 64.6 cm³/mol. The lowest BCUT2D eigenvalue weighted by Crippen LogP contribution is -1.86. The molecule has 0 unspecified atom stereocenters. The fourth-order valence-electron chi connectivity index (χ4n) is 1.58. The van der Waals surface area contributed by atoms with Crippen molar-refractivity contribution in [1.29, 1.82) is 0 Å². The molecule has 76 valence electrons. The van der Waals surface area contributed by atoms with E-state index in [1.165, 1.54) is 5.56 Å². The highest BCUT2D eigenvalue weighted by Crippen LogP contribution is 2.29. The van der Waals surface area contributed by atoms with Gasteiger partial charge in [-0.1, -0.05) is 17.7 Å². The molecular weight excluding hydrogens is 204 g/mol. The van der Waals surface area contributed by atoms with Gasteiger partial charge in [-0.2, -0.15) is 0 Å². The number of aryl methyl sites for hydroxylation is 2. The van der Waals surface area contributed by atoms with E-state index in [2.05, 4.69) is 18.4 Å². The topological polar surface area (TPSA) is 17.1 Å². The second-order valence-corrected chi connectivity index (χ2v) is 4.61. The normalized spacial score (nSPS) is 10.3. The molecule has 1 nitrogen and oxygen atoms in total. The van der Waals surface area contributed by atoms with Crippen LogP contribution in [0.3, 0.4) is 0 Å². The third kappa shape index (κ3) is 2.00. The number of benzene rings is 1. The van der Waals surface area contributed by atoms with Gasteiger partial charge in [0.25, 0.3) is 0 Å². The Morgan fingerprint density at radius 3 is 2.53 bits per heavy atom. The standard InChI is InChI=1S/C13H12OS/c1-9-3-4-12(11(5-9)7-14)13-6-10(2)8-15-13/h3-8H,1-2H3. The van der Waals surface area contributed by atoms with Crippen LogP contribution < -0.4 is 0 Å². The van der Waals surface area contributed by atoms with Crippen LogP contribution in [0, 0.1) is 13.8 Å². The smallest absolute Gasteiger partial charge is 0.150 e. The van der Waals surface area contributed by atoms with E-state index in [0.29, 0.717) is 0 Å². The molecule has 15 heavy (non-hydrogen) atoms. The van der Waals surface area contributed by atoms with Gasteiger partial charge in [0.2, 0.25) is 0 Å². The molecule has 2 rings (SSSR count). The van der Waals surface area contributed by atoms with E-state index in [1.54, 1.807) is 11.3 Å². The molecule has 0 spiro atoms. The molecule has 1 aromatic carbocycles. The second kappa shape index (κ2) is 3.99. The Balaban J connectivity index is 2.57. The Bertz CT molecular complexity index is 497. The van der Waals surface area contributed by atoms with Crippen molar-refractivity contribution in [3.63, 3.8) is 0 Å². The van der Waals surface area contributed by atoms with E-state index in [0.717, 1.165) is 27.9 Å². The van der Waals surface area contributed by atoms with E-state index < -0.39 is 0 Å². The number of carbonyl (C=O) groups is 1. The minimum Gasteiger partial charge on any atom is -0.298 e. The average Bonchev–Trinajstić information content (AvgIpc) is 2.64. The lowest BCUT2D eigenvalue weighted by atomic mass is 10.0. The summed E-state index contributed by atoms with van der Waals surface area (Å²) in [6.45, 7) is 4.06. The molecule has 0 aliphatic carbocycles. The zero-order valence-corrected chi connectivity index (χ0v) is 9.60. The number of thiophene rings is 1. The molecule has 0 N–H and O–H groups in total. The number of rotatable bonds is 2. The maximum atomic E-state index is 11.0. The van der Waals surface area contributed by atoms with Crippen LogP contribution >= 0.6 is 11.3 Å². The largest absolute Gasteiger partial charge is 0.298 e. The molecule has 0 amide bonds. The Morgan fingerprint density at radius 1 is 1.13 bits per heavy atom. The number of hydrogen-bond donors (Lipinski definition) is 0. The van der Waals surface area contributed by atoms with Crippen molar-refractivity contribution in [2.45, 2.75) is 13.8 Å². The van der Waals surface area contributed by atoms with Gasteiger partial charge in [-0.25, -0.2) is 0 Å². The van der Waals surface area contributed by atoms with Gasteiger partial charge in [0, 0.05) is 16.0 Å². The fraction of sp³-hybridized carbons (Fsp3) is 0.154.